The topological polar surface area (TPSA) is 54.0 Å². The second-order valence-corrected chi connectivity index (χ2v) is 7.27. The minimum Gasteiger partial charge on any atom is -0.303 e. The summed E-state index contributed by atoms with van der Waals surface area (Å²) in [5, 5.41) is 0.777. The Labute approximate surface area is 163 Å². The van der Waals surface area contributed by atoms with Gasteiger partial charge < -0.3 is 5.43 Å². The third-order valence-electron chi connectivity index (χ3n) is 5.11. The molecule has 1 aliphatic rings. The number of nitrogens with zero attached hydrogens (tertiary/aromatic N) is 1. The van der Waals surface area contributed by atoms with E-state index in [1.807, 2.05) is 24.3 Å². The molecule has 0 unspecified atom stereocenters. The number of fused-ring (bicyclic) bond motifs is 1. The predicted octanol–water partition coefficient (Wildman–Crippen LogP) is 4.98. The monoisotopic (exact) mass is 375 g/mol. The molecular formula is C23H22FN3O. The lowest BCUT2D eigenvalue weighted by molar-refractivity contribution is 0.0939. The summed E-state index contributed by atoms with van der Waals surface area (Å²) in [6, 6.07) is 15.4. The van der Waals surface area contributed by atoms with Crippen LogP contribution in [0.5, 0.6) is 0 Å². The first-order valence-corrected chi connectivity index (χ1v) is 9.51. The molecule has 2 aromatic carbocycles. The van der Waals surface area contributed by atoms with E-state index in [0.29, 0.717) is 17.2 Å². The van der Waals surface area contributed by atoms with Gasteiger partial charge in [0.2, 0.25) is 0 Å². The number of carbonyl (C=O) groups excluding carboxylic acids is 1. The van der Waals surface area contributed by atoms with E-state index in [-0.39, 0.29) is 11.7 Å². The summed E-state index contributed by atoms with van der Waals surface area (Å²) < 4.78 is 13.3. The lowest BCUT2D eigenvalue weighted by Crippen LogP contribution is -2.37. The first kappa shape index (κ1) is 18.2. The Bertz CT molecular complexity index is 1040. The van der Waals surface area contributed by atoms with Crippen LogP contribution in [-0.2, 0) is 0 Å². The molecule has 1 atom stereocenters. The molecule has 3 aromatic rings. The van der Waals surface area contributed by atoms with Crippen molar-refractivity contribution in [3.8, 4) is 11.3 Å². The molecule has 1 aliphatic carbocycles. The smallest absolute Gasteiger partial charge is 0.270 e. The summed E-state index contributed by atoms with van der Waals surface area (Å²) in [5.74, 6) is 0.159. The molecule has 4 nitrogen and oxygen atoms in total. The van der Waals surface area contributed by atoms with Gasteiger partial charge in [0.25, 0.3) is 5.91 Å². The minimum atomic E-state index is -0.304. The maximum absolute atomic E-state index is 13.3. The molecule has 1 heterocycles. The van der Waals surface area contributed by atoms with Crippen LogP contribution in [0.4, 0.5) is 4.39 Å². The quantitative estimate of drug-likeness (QED) is 0.633. The molecule has 0 saturated heterocycles. The molecule has 28 heavy (non-hydrogen) atoms. The van der Waals surface area contributed by atoms with Crippen molar-refractivity contribution < 1.29 is 9.18 Å². The van der Waals surface area contributed by atoms with Crippen molar-refractivity contribution in [2.75, 3.05) is 0 Å². The van der Waals surface area contributed by atoms with Gasteiger partial charge in [0.05, 0.1) is 16.8 Å². The van der Waals surface area contributed by atoms with Crippen LogP contribution in [0, 0.1) is 11.7 Å². The highest BCUT2D eigenvalue weighted by Crippen LogP contribution is 2.25. The molecule has 0 radical (unpaired) electrons. The number of carbonyl (C=O) groups is 1. The average molecular weight is 375 g/mol. The number of allylic oxidation sites excluding steroid dienone is 2. The molecule has 0 spiro atoms. The number of aromatic nitrogens is 1. The van der Waals surface area contributed by atoms with E-state index in [9.17, 15) is 9.18 Å². The Hall–Kier alpha value is -3.21. The van der Waals surface area contributed by atoms with Gasteiger partial charge in [-0.3, -0.25) is 10.2 Å². The second-order valence-electron chi connectivity index (χ2n) is 7.27. The van der Waals surface area contributed by atoms with E-state index >= 15 is 0 Å². The maximum Gasteiger partial charge on any atom is 0.270 e. The lowest BCUT2D eigenvalue weighted by Gasteiger charge is -2.20. The highest BCUT2D eigenvalue weighted by molar-refractivity contribution is 6.07. The van der Waals surface area contributed by atoms with Crippen LogP contribution in [0.1, 0.15) is 36.5 Å². The molecule has 0 fully saturated rings. The standard InChI is InChI=1S/C23H22FN3O/c1-15-6-12-18(13-7-15)26-27-23(28)20-14-22(16-8-10-17(24)11-9-16)25-21-5-3-2-4-19(20)21/h2-5,8-12,14-15,26H,6-7,13H2,1H3,(H,27,28)/t15-/m0/s1. The van der Waals surface area contributed by atoms with Crippen molar-refractivity contribution in [1.82, 2.24) is 15.8 Å². The number of rotatable bonds is 4. The fraction of sp³-hybridized carbons (Fsp3) is 0.217. The number of hydrogen-bond acceptors (Lipinski definition) is 3. The van der Waals surface area contributed by atoms with Gasteiger partial charge in [0.1, 0.15) is 5.82 Å². The molecule has 1 amide bonds. The van der Waals surface area contributed by atoms with Crippen molar-refractivity contribution in [2.45, 2.75) is 26.2 Å². The first-order chi connectivity index (χ1) is 13.6. The number of hydrazine groups is 1. The number of nitrogens with one attached hydrogen (secondary N) is 2. The van der Waals surface area contributed by atoms with Gasteiger partial charge in [-0.15, -0.1) is 0 Å². The zero-order chi connectivity index (χ0) is 19.5. The Morgan fingerprint density at radius 1 is 1.14 bits per heavy atom. The fourth-order valence-electron chi connectivity index (χ4n) is 3.41. The van der Waals surface area contributed by atoms with Crippen LogP contribution >= 0.6 is 0 Å². The molecule has 0 saturated carbocycles. The van der Waals surface area contributed by atoms with Gasteiger partial charge in [0, 0.05) is 16.6 Å². The van der Waals surface area contributed by atoms with Crippen LogP contribution in [0.25, 0.3) is 22.2 Å². The SMILES string of the molecule is C[C@H]1CC=C(NNC(=O)c2cc(-c3ccc(F)cc3)nc3ccccc23)CC1. The van der Waals surface area contributed by atoms with E-state index in [1.54, 1.807) is 18.2 Å². The number of pyridine rings is 1. The molecule has 0 aliphatic heterocycles. The molecule has 2 N–H and O–H groups in total. The summed E-state index contributed by atoms with van der Waals surface area (Å²) >= 11 is 0. The van der Waals surface area contributed by atoms with E-state index in [2.05, 4.69) is 28.8 Å². The Balaban J connectivity index is 1.65. The van der Waals surface area contributed by atoms with Crippen molar-refractivity contribution >= 4 is 16.8 Å². The zero-order valence-electron chi connectivity index (χ0n) is 15.7. The van der Waals surface area contributed by atoms with E-state index in [1.165, 1.54) is 12.1 Å². The third-order valence-corrected chi connectivity index (χ3v) is 5.11. The summed E-state index contributed by atoms with van der Waals surface area (Å²) in [7, 11) is 0. The van der Waals surface area contributed by atoms with Crippen LogP contribution in [-0.4, -0.2) is 10.9 Å². The maximum atomic E-state index is 13.3. The summed E-state index contributed by atoms with van der Waals surface area (Å²) in [6.07, 6.45) is 5.20. The molecule has 4 rings (SSSR count). The van der Waals surface area contributed by atoms with E-state index < -0.39 is 0 Å². The first-order valence-electron chi connectivity index (χ1n) is 9.51. The van der Waals surface area contributed by atoms with Crippen LogP contribution in [0.2, 0.25) is 0 Å². The second kappa shape index (κ2) is 7.80. The van der Waals surface area contributed by atoms with Gasteiger partial charge in [-0.1, -0.05) is 31.2 Å². The minimum absolute atomic E-state index is 0.221. The highest BCUT2D eigenvalue weighted by Gasteiger charge is 2.15. The number of halogens is 1. The van der Waals surface area contributed by atoms with Crippen molar-refractivity contribution in [2.24, 2.45) is 5.92 Å². The molecule has 142 valence electrons. The number of amides is 1. The molecular weight excluding hydrogens is 353 g/mol. The molecule has 5 heteroatoms. The van der Waals surface area contributed by atoms with Gasteiger partial charge >= 0.3 is 0 Å². The van der Waals surface area contributed by atoms with Crippen LogP contribution in [0.3, 0.4) is 0 Å². The fourth-order valence-corrected chi connectivity index (χ4v) is 3.41. The Kier molecular flexibility index (Phi) is 5.06. The summed E-state index contributed by atoms with van der Waals surface area (Å²) in [5.41, 5.74) is 9.58. The van der Waals surface area contributed by atoms with Gasteiger partial charge in [0.15, 0.2) is 0 Å². The number of benzene rings is 2. The molecule has 1 aromatic heterocycles. The van der Waals surface area contributed by atoms with Crippen molar-refractivity contribution in [3.63, 3.8) is 0 Å². The van der Waals surface area contributed by atoms with Crippen LogP contribution in [0.15, 0.2) is 66.4 Å². The lowest BCUT2D eigenvalue weighted by atomic mass is 9.95. The normalized spacial score (nSPS) is 16.5. The predicted molar refractivity (Wildman–Crippen MR) is 109 cm³/mol. The largest absolute Gasteiger partial charge is 0.303 e. The van der Waals surface area contributed by atoms with Gasteiger partial charge in [-0.05, 0) is 61.6 Å². The molecule has 0 bridgehead atoms. The number of para-hydroxylation sites is 1. The van der Waals surface area contributed by atoms with Crippen molar-refractivity contribution in [3.05, 3.63) is 77.8 Å². The number of hydrogen-bond donors (Lipinski definition) is 2. The van der Waals surface area contributed by atoms with Gasteiger partial charge in [-0.25, -0.2) is 9.37 Å². The van der Waals surface area contributed by atoms with E-state index in [0.717, 1.165) is 41.4 Å². The average Bonchev–Trinajstić information content (AvgIpc) is 2.73. The third kappa shape index (κ3) is 3.88. The Morgan fingerprint density at radius 3 is 2.68 bits per heavy atom. The summed E-state index contributed by atoms with van der Waals surface area (Å²) in [6.45, 7) is 2.23. The van der Waals surface area contributed by atoms with Crippen LogP contribution < -0.4 is 10.9 Å². The van der Waals surface area contributed by atoms with Gasteiger partial charge in [-0.2, -0.15) is 0 Å². The van der Waals surface area contributed by atoms with Crippen molar-refractivity contribution in [1.29, 1.82) is 0 Å². The van der Waals surface area contributed by atoms with E-state index in [4.69, 9.17) is 0 Å². The Morgan fingerprint density at radius 2 is 1.93 bits per heavy atom. The highest BCUT2D eigenvalue weighted by atomic mass is 19.1. The summed E-state index contributed by atoms with van der Waals surface area (Å²) in [4.78, 5) is 17.6. The zero-order valence-corrected chi connectivity index (χ0v) is 15.7.